The van der Waals surface area contributed by atoms with Gasteiger partial charge in [0.2, 0.25) is 10.8 Å². The lowest BCUT2D eigenvalue weighted by Gasteiger charge is -2.55. The first-order chi connectivity index (χ1) is 11.8. The molecular weight excluding hydrogens is 320 g/mol. The number of hydrogen-bond acceptors (Lipinski definition) is 6. The van der Waals surface area contributed by atoms with Crippen molar-refractivity contribution in [1.82, 2.24) is 29.8 Å². The summed E-state index contributed by atoms with van der Waals surface area (Å²) in [5.74, 6) is 3.46. The second kappa shape index (κ2) is 4.59. The molecule has 0 unspecified atom stereocenters. The molecular formula is C17H18N6S. The van der Waals surface area contributed by atoms with Gasteiger partial charge in [-0.25, -0.2) is 4.98 Å². The molecule has 6 nitrogen and oxygen atoms in total. The summed E-state index contributed by atoms with van der Waals surface area (Å²) >= 11 is 1.73. The average molecular weight is 338 g/mol. The molecule has 7 heteroatoms. The molecule has 4 bridgehead atoms. The van der Waals surface area contributed by atoms with Crippen molar-refractivity contribution in [2.75, 3.05) is 0 Å². The van der Waals surface area contributed by atoms with Gasteiger partial charge in [-0.15, -0.1) is 10.2 Å². The minimum absolute atomic E-state index is 0.305. The van der Waals surface area contributed by atoms with Crippen LogP contribution in [0, 0.1) is 17.8 Å². The lowest BCUT2D eigenvalue weighted by molar-refractivity contribution is -0.00565. The number of fused-ring (bicyclic) bond motifs is 1. The van der Waals surface area contributed by atoms with E-state index >= 15 is 0 Å². The third kappa shape index (κ3) is 1.79. The van der Waals surface area contributed by atoms with Crippen LogP contribution < -0.4 is 0 Å². The van der Waals surface area contributed by atoms with Crippen LogP contribution in [-0.2, 0) is 5.41 Å². The van der Waals surface area contributed by atoms with Crippen molar-refractivity contribution in [3.8, 4) is 11.5 Å². The van der Waals surface area contributed by atoms with Gasteiger partial charge in [0.05, 0.1) is 6.20 Å². The Morgan fingerprint density at radius 1 is 1.00 bits per heavy atom. The molecule has 0 spiro atoms. The van der Waals surface area contributed by atoms with E-state index in [4.69, 9.17) is 5.10 Å². The Kier molecular flexibility index (Phi) is 2.57. The highest BCUT2D eigenvalue weighted by molar-refractivity contribution is 7.16. The molecule has 0 atom stereocenters. The van der Waals surface area contributed by atoms with Crippen molar-refractivity contribution in [1.29, 1.82) is 0 Å². The number of nitrogens with zero attached hydrogens (tertiary/aromatic N) is 6. The van der Waals surface area contributed by atoms with E-state index in [1.807, 2.05) is 4.52 Å². The summed E-state index contributed by atoms with van der Waals surface area (Å²) in [5, 5.41) is 14.9. The Labute approximate surface area is 143 Å². The van der Waals surface area contributed by atoms with Crippen molar-refractivity contribution >= 4 is 16.3 Å². The standard InChI is InChI=1S/C17H18N6S/c1-2-19-13(9-18-1)14-20-21-16-23(14)22-15(24-16)17-6-10-3-11(7-17)5-12(4-10)8-17/h1-2,9-12H,3-8H2. The molecule has 0 aliphatic heterocycles. The zero-order valence-corrected chi connectivity index (χ0v) is 14.1. The number of rotatable bonds is 2. The molecule has 4 saturated carbocycles. The fourth-order valence-electron chi connectivity index (χ4n) is 5.78. The van der Waals surface area contributed by atoms with Gasteiger partial charge >= 0.3 is 0 Å². The SMILES string of the molecule is c1cnc(-c2nnc3sc(C45CC6CC(CC(C6)C4)C5)nn23)cn1. The summed E-state index contributed by atoms with van der Waals surface area (Å²) in [5.41, 5.74) is 1.03. The molecule has 3 heterocycles. The van der Waals surface area contributed by atoms with E-state index < -0.39 is 0 Å². The second-order valence-corrected chi connectivity index (χ2v) is 8.87. The third-order valence-electron chi connectivity index (χ3n) is 6.28. The Hall–Kier alpha value is -1.89. The Bertz CT molecular complexity index is 878. The number of aromatic nitrogens is 6. The van der Waals surface area contributed by atoms with E-state index in [9.17, 15) is 0 Å². The summed E-state index contributed by atoms with van der Waals surface area (Å²) in [7, 11) is 0. The fraction of sp³-hybridized carbons (Fsp3) is 0.588. The molecule has 0 aromatic carbocycles. The molecule has 0 radical (unpaired) electrons. The molecule has 4 aliphatic carbocycles. The predicted octanol–water partition coefficient (Wildman–Crippen LogP) is 3.11. The van der Waals surface area contributed by atoms with Crippen LogP contribution in [0.25, 0.3) is 16.5 Å². The van der Waals surface area contributed by atoms with E-state index in [1.165, 1.54) is 43.5 Å². The highest BCUT2D eigenvalue weighted by Crippen LogP contribution is 2.61. The topological polar surface area (TPSA) is 68.9 Å². The summed E-state index contributed by atoms with van der Waals surface area (Å²) in [4.78, 5) is 9.37. The first kappa shape index (κ1) is 13.4. The number of hydrogen-bond donors (Lipinski definition) is 0. The second-order valence-electron chi connectivity index (χ2n) is 7.91. The molecule has 3 aromatic heterocycles. The quantitative estimate of drug-likeness (QED) is 0.718. The minimum Gasteiger partial charge on any atom is -0.261 e. The molecule has 24 heavy (non-hydrogen) atoms. The van der Waals surface area contributed by atoms with E-state index in [0.29, 0.717) is 11.2 Å². The van der Waals surface area contributed by atoms with Crippen LogP contribution in [0.5, 0.6) is 0 Å². The maximum absolute atomic E-state index is 4.98. The Morgan fingerprint density at radius 2 is 1.75 bits per heavy atom. The summed E-state index contributed by atoms with van der Waals surface area (Å²) in [6.07, 6.45) is 13.4. The Morgan fingerprint density at radius 3 is 2.42 bits per heavy atom. The fourth-order valence-corrected chi connectivity index (χ4v) is 6.84. The Balaban J connectivity index is 1.47. The molecule has 0 N–H and O–H groups in total. The maximum atomic E-state index is 4.98. The van der Waals surface area contributed by atoms with Crippen LogP contribution in [0.1, 0.15) is 43.5 Å². The van der Waals surface area contributed by atoms with E-state index in [1.54, 1.807) is 29.9 Å². The van der Waals surface area contributed by atoms with Crippen LogP contribution in [0.2, 0.25) is 0 Å². The molecule has 0 saturated heterocycles. The molecule has 4 aliphatic rings. The van der Waals surface area contributed by atoms with Crippen molar-refractivity contribution in [2.45, 2.75) is 43.9 Å². The van der Waals surface area contributed by atoms with Gasteiger partial charge in [0.1, 0.15) is 10.7 Å². The largest absolute Gasteiger partial charge is 0.261 e. The van der Waals surface area contributed by atoms with Crippen LogP contribution in [-0.4, -0.2) is 29.8 Å². The van der Waals surface area contributed by atoms with Crippen molar-refractivity contribution in [2.24, 2.45) is 17.8 Å². The van der Waals surface area contributed by atoms with E-state index in [2.05, 4.69) is 20.2 Å². The van der Waals surface area contributed by atoms with Crippen molar-refractivity contribution in [3.05, 3.63) is 23.6 Å². The van der Waals surface area contributed by atoms with Crippen LogP contribution in [0.4, 0.5) is 0 Å². The molecule has 7 rings (SSSR count). The highest BCUT2D eigenvalue weighted by Gasteiger charge is 2.53. The van der Waals surface area contributed by atoms with Gasteiger partial charge in [-0.05, 0) is 56.3 Å². The first-order valence-electron chi connectivity index (χ1n) is 8.78. The molecule has 3 aromatic rings. The van der Waals surface area contributed by atoms with Crippen LogP contribution >= 0.6 is 11.3 Å². The summed E-state index contributed by atoms with van der Waals surface area (Å²) < 4.78 is 1.88. The van der Waals surface area contributed by atoms with Crippen molar-refractivity contribution in [3.63, 3.8) is 0 Å². The van der Waals surface area contributed by atoms with Gasteiger partial charge < -0.3 is 0 Å². The van der Waals surface area contributed by atoms with Crippen LogP contribution in [0.3, 0.4) is 0 Å². The zero-order chi connectivity index (χ0) is 15.7. The van der Waals surface area contributed by atoms with Crippen molar-refractivity contribution < 1.29 is 0 Å². The lowest BCUT2D eigenvalue weighted by atomic mass is 9.50. The minimum atomic E-state index is 0.305. The van der Waals surface area contributed by atoms with Crippen LogP contribution in [0.15, 0.2) is 18.6 Å². The maximum Gasteiger partial charge on any atom is 0.235 e. The zero-order valence-electron chi connectivity index (χ0n) is 13.3. The predicted molar refractivity (Wildman–Crippen MR) is 89.5 cm³/mol. The summed E-state index contributed by atoms with van der Waals surface area (Å²) in [6.45, 7) is 0. The molecule has 4 fully saturated rings. The smallest absolute Gasteiger partial charge is 0.235 e. The normalized spacial score (nSPS) is 34.2. The summed E-state index contributed by atoms with van der Waals surface area (Å²) in [6, 6.07) is 0. The highest BCUT2D eigenvalue weighted by atomic mass is 32.1. The first-order valence-corrected chi connectivity index (χ1v) is 9.60. The van der Waals surface area contributed by atoms with Gasteiger partial charge in [0, 0.05) is 17.8 Å². The molecule has 122 valence electrons. The van der Waals surface area contributed by atoms with Gasteiger partial charge in [-0.1, -0.05) is 11.3 Å². The third-order valence-corrected chi connectivity index (χ3v) is 7.42. The van der Waals surface area contributed by atoms with Gasteiger partial charge in [0.15, 0.2) is 0 Å². The lowest BCUT2D eigenvalue weighted by Crippen LogP contribution is -2.48. The average Bonchev–Trinajstić information content (AvgIpc) is 3.15. The molecule has 0 amide bonds. The van der Waals surface area contributed by atoms with Gasteiger partial charge in [-0.3, -0.25) is 4.98 Å². The van der Waals surface area contributed by atoms with E-state index in [0.717, 1.165) is 28.4 Å². The van der Waals surface area contributed by atoms with E-state index in [-0.39, 0.29) is 0 Å². The monoisotopic (exact) mass is 338 g/mol. The van der Waals surface area contributed by atoms with Gasteiger partial charge in [-0.2, -0.15) is 9.61 Å². The van der Waals surface area contributed by atoms with Gasteiger partial charge in [0.25, 0.3) is 0 Å².